The average molecular weight is 292 g/mol. The summed E-state index contributed by atoms with van der Waals surface area (Å²) in [7, 11) is 0. The van der Waals surface area contributed by atoms with Crippen molar-refractivity contribution in [1.82, 2.24) is 5.32 Å². The number of amidine groups is 1. The first-order chi connectivity index (χ1) is 10.1. The molecular weight excluding hydrogens is 272 g/mol. The second-order valence-corrected chi connectivity index (χ2v) is 4.65. The van der Waals surface area contributed by atoms with Crippen LogP contribution in [0.5, 0.6) is 11.5 Å². The zero-order chi connectivity index (χ0) is 15.2. The van der Waals surface area contributed by atoms with Gasteiger partial charge in [0, 0.05) is 5.56 Å². The maximum absolute atomic E-state index is 12.2. The summed E-state index contributed by atoms with van der Waals surface area (Å²) < 4.78 is 15.8. The van der Waals surface area contributed by atoms with Crippen molar-refractivity contribution >= 4 is 11.9 Å². The summed E-state index contributed by atoms with van der Waals surface area (Å²) in [5, 5.41) is 2.68. The number of amides is 1. The molecule has 0 saturated carbocycles. The summed E-state index contributed by atoms with van der Waals surface area (Å²) >= 11 is 0. The quantitative estimate of drug-likeness (QED) is 0.683. The Kier molecular flexibility index (Phi) is 5.03. The van der Waals surface area contributed by atoms with Crippen LogP contribution in [0.1, 0.15) is 37.6 Å². The number of rotatable bonds is 4. The minimum atomic E-state index is -0.288. The fourth-order valence-corrected chi connectivity index (χ4v) is 1.74. The Morgan fingerprint density at radius 2 is 2.14 bits per heavy atom. The summed E-state index contributed by atoms with van der Waals surface area (Å²) in [4.78, 5) is 16.6. The fourth-order valence-electron chi connectivity index (χ4n) is 1.74. The van der Waals surface area contributed by atoms with Gasteiger partial charge < -0.3 is 14.2 Å². The molecule has 114 valence electrons. The number of aliphatic imine (C=N–C) groups is 1. The molecule has 2 rings (SSSR count). The Labute approximate surface area is 124 Å². The van der Waals surface area contributed by atoms with Gasteiger partial charge in [-0.25, -0.2) is 4.99 Å². The zero-order valence-electron chi connectivity index (χ0n) is 12.5. The second-order valence-electron chi connectivity index (χ2n) is 4.65. The highest BCUT2D eigenvalue weighted by molar-refractivity contribution is 6.04. The molecule has 1 atom stereocenters. The number of fused-ring (bicyclic) bond motifs is 1. The number of nitrogens with one attached hydrogen (secondary N) is 1. The minimum Gasteiger partial charge on any atom is -0.465 e. The number of ether oxygens (including phenoxy) is 3. The molecule has 0 aliphatic carbocycles. The summed E-state index contributed by atoms with van der Waals surface area (Å²) in [6, 6.07) is 5.36. The lowest BCUT2D eigenvalue weighted by Crippen LogP contribution is -2.33. The standard InChI is InChI=1S/C15H20N2O4/c1-4-10(3)16-15(19-5-2)17-14(18)11-6-7-12-13(8-11)21-9-20-12/h6-8,10H,4-5,9H2,1-3H3,(H,16,17,18)/t10-/m0/s1. The molecule has 6 nitrogen and oxygen atoms in total. The van der Waals surface area contributed by atoms with Gasteiger partial charge in [-0.3, -0.25) is 10.1 Å². The Morgan fingerprint density at radius 3 is 2.86 bits per heavy atom. The highest BCUT2D eigenvalue weighted by Crippen LogP contribution is 2.32. The van der Waals surface area contributed by atoms with E-state index in [1.54, 1.807) is 18.2 Å². The van der Waals surface area contributed by atoms with Gasteiger partial charge in [0.2, 0.25) is 6.79 Å². The molecule has 1 N–H and O–H groups in total. The molecule has 0 spiro atoms. The van der Waals surface area contributed by atoms with E-state index in [2.05, 4.69) is 10.3 Å². The molecular formula is C15H20N2O4. The Hall–Kier alpha value is -2.24. The van der Waals surface area contributed by atoms with Gasteiger partial charge in [-0.1, -0.05) is 6.92 Å². The van der Waals surface area contributed by atoms with Crippen LogP contribution in [0.4, 0.5) is 0 Å². The van der Waals surface area contributed by atoms with E-state index in [1.165, 1.54) is 0 Å². The normalized spacial score (nSPS) is 14.7. The van der Waals surface area contributed by atoms with Crippen LogP contribution in [0.3, 0.4) is 0 Å². The van der Waals surface area contributed by atoms with Crippen LogP contribution < -0.4 is 14.8 Å². The van der Waals surface area contributed by atoms with Crippen molar-refractivity contribution in [2.75, 3.05) is 13.4 Å². The summed E-state index contributed by atoms with van der Waals surface area (Å²) in [6.07, 6.45) is 0.871. The van der Waals surface area contributed by atoms with Crippen LogP contribution in [0.15, 0.2) is 23.2 Å². The van der Waals surface area contributed by atoms with Crippen molar-refractivity contribution in [2.24, 2.45) is 4.99 Å². The molecule has 1 amide bonds. The lowest BCUT2D eigenvalue weighted by molar-refractivity contribution is 0.0965. The first kappa shape index (κ1) is 15.2. The lowest BCUT2D eigenvalue weighted by atomic mass is 10.2. The van der Waals surface area contributed by atoms with E-state index in [1.807, 2.05) is 20.8 Å². The molecule has 6 heteroatoms. The monoisotopic (exact) mass is 292 g/mol. The van der Waals surface area contributed by atoms with Gasteiger partial charge in [-0.2, -0.15) is 0 Å². The highest BCUT2D eigenvalue weighted by Gasteiger charge is 2.17. The summed E-state index contributed by atoms with van der Waals surface area (Å²) in [5.41, 5.74) is 0.468. The molecule has 1 aromatic carbocycles. The molecule has 1 aliphatic heterocycles. The number of carbonyl (C=O) groups is 1. The van der Waals surface area contributed by atoms with Crippen LogP contribution in [-0.4, -0.2) is 31.4 Å². The van der Waals surface area contributed by atoms with Crippen LogP contribution >= 0.6 is 0 Å². The van der Waals surface area contributed by atoms with E-state index < -0.39 is 0 Å². The third kappa shape index (κ3) is 3.87. The minimum absolute atomic E-state index is 0.0867. The lowest BCUT2D eigenvalue weighted by Gasteiger charge is -2.11. The Balaban J connectivity index is 2.10. The van der Waals surface area contributed by atoms with E-state index in [0.717, 1.165) is 6.42 Å². The first-order valence-electron chi connectivity index (χ1n) is 7.05. The topological polar surface area (TPSA) is 69.2 Å². The van der Waals surface area contributed by atoms with Crippen LogP contribution in [0.25, 0.3) is 0 Å². The highest BCUT2D eigenvalue weighted by atomic mass is 16.7. The van der Waals surface area contributed by atoms with Gasteiger partial charge in [-0.05, 0) is 38.5 Å². The van der Waals surface area contributed by atoms with Crippen molar-refractivity contribution in [3.8, 4) is 11.5 Å². The maximum Gasteiger partial charge on any atom is 0.291 e. The number of benzene rings is 1. The van der Waals surface area contributed by atoms with Crippen molar-refractivity contribution in [2.45, 2.75) is 33.2 Å². The SMILES string of the molecule is CCOC(=N[C@@H](C)CC)NC(=O)c1ccc2c(c1)OCO2. The molecule has 0 aromatic heterocycles. The van der Waals surface area contributed by atoms with Gasteiger partial charge in [-0.15, -0.1) is 0 Å². The molecule has 0 fully saturated rings. The smallest absolute Gasteiger partial charge is 0.291 e. The average Bonchev–Trinajstić information content (AvgIpc) is 2.94. The molecule has 0 radical (unpaired) electrons. The van der Waals surface area contributed by atoms with E-state index in [4.69, 9.17) is 14.2 Å². The summed E-state index contributed by atoms with van der Waals surface area (Å²) in [5.74, 6) is 0.924. The van der Waals surface area contributed by atoms with Gasteiger partial charge in [0.05, 0.1) is 12.6 Å². The molecule has 0 bridgehead atoms. The number of nitrogens with zero attached hydrogens (tertiary/aromatic N) is 1. The molecule has 1 heterocycles. The zero-order valence-corrected chi connectivity index (χ0v) is 12.5. The predicted molar refractivity (Wildman–Crippen MR) is 78.8 cm³/mol. The largest absolute Gasteiger partial charge is 0.465 e. The van der Waals surface area contributed by atoms with Gasteiger partial charge in [0.1, 0.15) is 0 Å². The van der Waals surface area contributed by atoms with Gasteiger partial charge in [0.15, 0.2) is 11.5 Å². The van der Waals surface area contributed by atoms with E-state index in [9.17, 15) is 4.79 Å². The van der Waals surface area contributed by atoms with Gasteiger partial charge >= 0.3 is 0 Å². The Morgan fingerprint density at radius 1 is 1.38 bits per heavy atom. The fraction of sp³-hybridized carbons (Fsp3) is 0.467. The van der Waals surface area contributed by atoms with Crippen LogP contribution in [-0.2, 0) is 4.74 Å². The van der Waals surface area contributed by atoms with E-state index in [-0.39, 0.29) is 24.8 Å². The van der Waals surface area contributed by atoms with Crippen LogP contribution in [0.2, 0.25) is 0 Å². The third-order valence-corrected chi connectivity index (χ3v) is 3.06. The maximum atomic E-state index is 12.2. The molecule has 21 heavy (non-hydrogen) atoms. The van der Waals surface area contributed by atoms with E-state index >= 15 is 0 Å². The first-order valence-corrected chi connectivity index (χ1v) is 7.05. The van der Waals surface area contributed by atoms with Crippen molar-refractivity contribution < 1.29 is 19.0 Å². The third-order valence-electron chi connectivity index (χ3n) is 3.06. The predicted octanol–water partition coefficient (Wildman–Crippen LogP) is 2.34. The number of carbonyl (C=O) groups excluding carboxylic acids is 1. The number of hydrogen-bond donors (Lipinski definition) is 1. The molecule has 1 aromatic rings. The van der Waals surface area contributed by atoms with Crippen molar-refractivity contribution in [1.29, 1.82) is 0 Å². The summed E-state index contributed by atoms with van der Waals surface area (Å²) in [6.45, 7) is 6.46. The van der Waals surface area contributed by atoms with Crippen molar-refractivity contribution in [3.05, 3.63) is 23.8 Å². The van der Waals surface area contributed by atoms with Crippen LogP contribution in [0, 0.1) is 0 Å². The molecule has 1 aliphatic rings. The van der Waals surface area contributed by atoms with Gasteiger partial charge in [0.25, 0.3) is 11.9 Å². The van der Waals surface area contributed by atoms with Crippen molar-refractivity contribution in [3.63, 3.8) is 0 Å². The van der Waals surface area contributed by atoms with E-state index in [0.29, 0.717) is 23.7 Å². The number of hydrogen-bond acceptors (Lipinski definition) is 5. The molecule has 0 unspecified atom stereocenters. The Bertz CT molecular complexity index is 542. The molecule has 0 saturated heterocycles. The second kappa shape index (κ2) is 6.97.